The maximum Gasteiger partial charge on any atom is 0.248 e. The summed E-state index contributed by atoms with van der Waals surface area (Å²) in [5.41, 5.74) is 0.395. The number of ether oxygens (including phenoxy) is 2. The molecule has 0 bridgehead atoms. The molecule has 2 aliphatic heterocycles. The first kappa shape index (κ1) is 21.4. The molecule has 0 amide bonds. The second-order valence-electron chi connectivity index (χ2n) is 7.81. The fourth-order valence-corrected chi connectivity index (χ4v) is 5.77. The number of aryl methyl sites for hydroxylation is 2. The number of rotatable bonds is 7. The molecule has 0 saturated carbocycles. The topological polar surface area (TPSA) is 121 Å². The van der Waals surface area contributed by atoms with Gasteiger partial charge in [0.1, 0.15) is 10.6 Å². The van der Waals surface area contributed by atoms with Crippen molar-refractivity contribution < 1.29 is 26.9 Å². The van der Waals surface area contributed by atoms with Gasteiger partial charge in [0.2, 0.25) is 15.9 Å². The Hall–Kier alpha value is -1.82. The molecule has 11 heteroatoms. The molecule has 0 atom stereocenters. The van der Waals surface area contributed by atoms with Gasteiger partial charge in [0.25, 0.3) is 0 Å². The van der Waals surface area contributed by atoms with E-state index in [9.17, 15) is 8.42 Å². The SMILES string of the molecule is Cc1noc(C)c1S(=O)(=O)N1CCC(OCCc2noc(C3CCOCC3)n2)CC1. The number of hydrogen-bond acceptors (Lipinski definition) is 9. The summed E-state index contributed by atoms with van der Waals surface area (Å²) in [6.07, 6.45) is 3.69. The van der Waals surface area contributed by atoms with E-state index in [1.54, 1.807) is 13.8 Å². The molecule has 2 saturated heterocycles. The highest BCUT2D eigenvalue weighted by Gasteiger charge is 2.34. The summed E-state index contributed by atoms with van der Waals surface area (Å²) in [5.74, 6) is 1.94. The Bertz CT molecular complexity index is 923. The van der Waals surface area contributed by atoms with Crippen LogP contribution < -0.4 is 0 Å². The molecule has 10 nitrogen and oxygen atoms in total. The minimum atomic E-state index is -3.59. The van der Waals surface area contributed by atoms with Gasteiger partial charge in [-0.15, -0.1) is 0 Å². The quantitative estimate of drug-likeness (QED) is 0.636. The first-order chi connectivity index (χ1) is 14.4. The third kappa shape index (κ3) is 4.58. The van der Waals surface area contributed by atoms with Crippen molar-refractivity contribution in [1.82, 2.24) is 19.6 Å². The molecule has 0 radical (unpaired) electrons. The van der Waals surface area contributed by atoms with Gasteiger partial charge in [0.05, 0.1) is 12.7 Å². The standard InChI is InChI=1S/C19H28N4O6S/c1-13-18(14(2)28-21-13)30(24,25)23-8-3-16(4-9-23)27-12-7-17-20-19(29-22-17)15-5-10-26-11-6-15/h15-16H,3-12H2,1-2H3. The Morgan fingerprint density at radius 1 is 1.07 bits per heavy atom. The molecule has 0 spiro atoms. The van der Waals surface area contributed by atoms with Crippen molar-refractivity contribution >= 4 is 10.0 Å². The molecule has 0 unspecified atom stereocenters. The van der Waals surface area contributed by atoms with Gasteiger partial charge in [-0.2, -0.15) is 9.29 Å². The van der Waals surface area contributed by atoms with Crippen molar-refractivity contribution in [3.05, 3.63) is 23.2 Å². The van der Waals surface area contributed by atoms with Gasteiger partial charge < -0.3 is 18.5 Å². The minimum Gasteiger partial charge on any atom is -0.381 e. The molecule has 4 heterocycles. The molecule has 0 N–H and O–H groups in total. The zero-order valence-corrected chi connectivity index (χ0v) is 18.2. The number of sulfonamides is 1. The third-order valence-electron chi connectivity index (χ3n) is 5.70. The minimum absolute atomic E-state index is 0.0167. The maximum absolute atomic E-state index is 12.9. The van der Waals surface area contributed by atoms with E-state index in [2.05, 4.69) is 15.3 Å². The van der Waals surface area contributed by atoms with Crippen LogP contribution in [-0.2, 0) is 25.9 Å². The summed E-state index contributed by atoms with van der Waals surface area (Å²) in [6, 6.07) is 0. The Kier molecular flexibility index (Phi) is 6.51. The van der Waals surface area contributed by atoms with Crippen LogP contribution in [0.2, 0.25) is 0 Å². The predicted molar refractivity (Wildman–Crippen MR) is 105 cm³/mol. The molecule has 0 aromatic carbocycles. The molecule has 2 aromatic rings. The number of hydrogen-bond donors (Lipinski definition) is 0. The van der Waals surface area contributed by atoms with Gasteiger partial charge in [-0.3, -0.25) is 0 Å². The Morgan fingerprint density at radius 3 is 2.47 bits per heavy atom. The van der Waals surface area contributed by atoms with E-state index >= 15 is 0 Å². The van der Waals surface area contributed by atoms with Crippen LogP contribution in [-0.4, -0.2) is 67.0 Å². The van der Waals surface area contributed by atoms with E-state index in [1.807, 2.05) is 0 Å². The summed E-state index contributed by atoms with van der Waals surface area (Å²) in [5, 5.41) is 7.82. The van der Waals surface area contributed by atoms with E-state index in [0.29, 0.717) is 62.1 Å². The zero-order valence-electron chi connectivity index (χ0n) is 17.4. The first-order valence-electron chi connectivity index (χ1n) is 10.4. The fraction of sp³-hybridized carbons (Fsp3) is 0.737. The Balaban J connectivity index is 1.23. The largest absolute Gasteiger partial charge is 0.381 e. The van der Waals surface area contributed by atoms with Crippen LogP contribution in [0.25, 0.3) is 0 Å². The lowest BCUT2D eigenvalue weighted by Crippen LogP contribution is -2.41. The second kappa shape index (κ2) is 9.13. The number of aromatic nitrogens is 3. The van der Waals surface area contributed by atoms with Crippen LogP contribution >= 0.6 is 0 Å². The summed E-state index contributed by atoms with van der Waals surface area (Å²) < 4.78 is 49.0. The molecule has 4 rings (SSSR count). The molecular weight excluding hydrogens is 412 g/mol. The van der Waals surface area contributed by atoms with E-state index < -0.39 is 10.0 Å². The van der Waals surface area contributed by atoms with Crippen LogP contribution in [0, 0.1) is 13.8 Å². The van der Waals surface area contributed by atoms with Crippen LogP contribution in [0.15, 0.2) is 13.9 Å². The Morgan fingerprint density at radius 2 is 1.80 bits per heavy atom. The van der Waals surface area contributed by atoms with Gasteiger partial charge >= 0.3 is 0 Å². The summed E-state index contributed by atoms with van der Waals surface area (Å²) in [6.45, 7) is 6.03. The molecule has 0 aliphatic carbocycles. The van der Waals surface area contributed by atoms with Crippen molar-refractivity contribution in [2.45, 2.75) is 62.9 Å². The zero-order chi connectivity index (χ0) is 21.1. The first-order valence-corrected chi connectivity index (χ1v) is 11.8. The third-order valence-corrected chi connectivity index (χ3v) is 7.84. The van der Waals surface area contributed by atoms with Gasteiger partial charge in [-0.05, 0) is 39.5 Å². The highest BCUT2D eigenvalue weighted by Crippen LogP contribution is 2.27. The van der Waals surface area contributed by atoms with E-state index in [1.165, 1.54) is 4.31 Å². The smallest absolute Gasteiger partial charge is 0.248 e. The number of nitrogens with zero attached hydrogens (tertiary/aromatic N) is 4. The monoisotopic (exact) mass is 440 g/mol. The molecule has 166 valence electrons. The van der Waals surface area contributed by atoms with Gasteiger partial charge in [0.15, 0.2) is 11.6 Å². The average molecular weight is 441 g/mol. The fourth-order valence-electron chi connectivity index (χ4n) is 4.01. The molecule has 30 heavy (non-hydrogen) atoms. The highest BCUT2D eigenvalue weighted by atomic mass is 32.2. The normalized spacial score (nSPS) is 20.1. The average Bonchev–Trinajstić information content (AvgIpc) is 3.35. The molecule has 2 aromatic heterocycles. The molecule has 2 fully saturated rings. The van der Waals surface area contributed by atoms with Gasteiger partial charge in [-0.25, -0.2) is 8.42 Å². The summed E-state index contributed by atoms with van der Waals surface area (Å²) in [4.78, 5) is 4.67. The van der Waals surface area contributed by atoms with E-state index in [0.717, 1.165) is 26.1 Å². The lowest BCUT2D eigenvalue weighted by Gasteiger charge is -2.31. The van der Waals surface area contributed by atoms with E-state index in [-0.39, 0.29) is 16.9 Å². The van der Waals surface area contributed by atoms with Crippen molar-refractivity contribution in [2.75, 3.05) is 32.9 Å². The lowest BCUT2D eigenvalue weighted by atomic mass is 10.0. The van der Waals surface area contributed by atoms with Crippen molar-refractivity contribution in [1.29, 1.82) is 0 Å². The summed E-state index contributed by atoms with van der Waals surface area (Å²) in [7, 11) is -3.59. The van der Waals surface area contributed by atoms with Gasteiger partial charge in [-0.1, -0.05) is 10.3 Å². The van der Waals surface area contributed by atoms with Crippen LogP contribution in [0.4, 0.5) is 0 Å². The second-order valence-corrected chi connectivity index (χ2v) is 9.69. The molecular formula is C19H28N4O6S. The van der Waals surface area contributed by atoms with Crippen LogP contribution in [0.1, 0.15) is 54.8 Å². The van der Waals surface area contributed by atoms with Crippen molar-refractivity contribution in [3.8, 4) is 0 Å². The highest BCUT2D eigenvalue weighted by molar-refractivity contribution is 7.89. The van der Waals surface area contributed by atoms with Crippen molar-refractivity contribution in [2.24, 2.45) is 0 Å². The van der Waals surface area contributed by atoms with E-state index in [4.69, 9.17) is 18.5 Å². The van der Waals surface area contributed by atoms with Crippen LogP contribution in [0.5, 0.6) is 0 Å². The maximum atomic E-state index is 12.9. The predicted octanol–water partition coefficient (Wildman–Crippen LogP) is 1.98. The number of piperidine rings is 1. The lowest BCUT2D eigenvalue weighted by molar-refractivity contribution is 0.0222. The van der Waals surface area contributed by atoms with Crippen LogP contribution in [0.3, 0.4) is 0 Å². The summed E-state index contributed by atoms with van der Waals surface area (Å²) >= 11 is 0. The Labute approximate surface area is 175 Å². The van der Waals surface area contributed by atoms with Crippen molar-refractivity contribution in [3.63, 3.8) is 0 Å². The van der Waals surface area contributed by atoms with Gasteiger partial charge in [0, 0.05) is 38.6 Å². The molecule has 2 aliphatic rings.